The Hall–Kier alpha value is 1.06. The molecule has 0 unspecified atom stereocenters. The van der Waals surface area contributed by atoms with Crippen molar-refractivity contribution in [1.82, 2.24) is 0 Å². The Morgan fingerprint density at radius 1 is 1.25 bits per heavy atom. The van der Waals surface area contributed by atoms with Gasteiger partial charge in [0.1, 0.15) is 0 Å². The molecule has 0 aromatic rings. The molecule has 0 N–H and O–H groups in total. The summed E-state index contributed by atoms with van der Waals surface area (Å²) in [5, 5.41) is 0. The van der Waals surface area contributed by atoms with E-state index >= 15 is 0 Å². The molecule has 0 saturated heterocycles. The zero-order valence-corrected chi connectivity index (χ0v) is 4.13. The van der Waals surface area contributed by atoms with Gasteiger partial charge in [0, 0.05) is 0 Å². The van der Waals surface area contributed by atoms with E-state index in [1.807, 2.05) is 0 Å². The van der Waals surface area contributed by atoms with Crippen molar-refractivity contribution < 1.29 is 20.9 Å². The second-order valence-corrected chi connectivity index (χ2v) is 0.525. The summed E-state index contributed by atoms with van der Waals surface area (Å²) in [5.41, 5.74) is 0. The third kappa shape index (κ3) is 11.6. The Bertz CT molecular complexity index is 6.00. The molecule has 0 rings (SSSR count). The minimum atomic E-state index is 0. The summed E-state index contributed by atoms with van der Waals surface area (Å²) >= 11 is 8.53. The minimum absolute atomic E-state index is 0. The van der Waals surface area contributed by atoms with E-state index in [4.69, 9.17) is 0 Å². The summed E-state index contributed by atoms with van der Waals surface area (Å²) in [6.45, 7) is 0. The third-order valence-corrected chi connectivity index (χ3v) is 0. The number of rotatable bonds is 0. The van der Waals surface area contributed by atoms with Gasteiger partial charge in [0.15, 0.2) is 0 Å². The molecular formula is Cl2FeO+3. The summed E-state index contributed by atoms with van der Waals surface area (Å²) in [4.78, 5) is 0. The van der Waals surface area contributed by atoms with Crippen LogP contribution in [0.5, 0.6) is 0 Å². The second kappa shape index (κ2) is 8.96. The quantitative estimate of drug-likeness (QED) is 0.464. The molecule has 4 heavy (non-hydrogen) atoms. The molecule has 0 atom stereocenters. The maximum atomic E-state index is 4.26. The molecule has 0 spiro atoms. The zero-order chi connectivity index (χ0) is 2.71. The third-order valence-electron chi connectivity index (χ3n) is 0. The molecule has 0 aliphatic heterocycles. The first-order valence-corrected chi connectivity index (χ1v) is 0.926. The summed E-state index contributed by atoms with van der Waals surface area (Å²) in [7, 11) is 0. The van der Waals surface area contributed by atoms with Crippen LogP contribution in [-0.2, 0) is 20.9 Å². The molecule has 1 nitrogen and oxygen atoms in total. The number of hydrogen-bond donors (Lipinski definition) is 0. The van der Waals surface area contributed by atoms with Crippen LogP contribution in [-0.4, -0.2) is 0 Å². The van der Waals surface area contributed by atoms with E-state index in [9.17, 15) is 0 Å². The van der Waals surface area contributed by atoms with Crippen LogP contribution in [0, 0.1) is 0 Å². The van der Waals surface area contributed by atoms with Crippen LogP contribution >= 0.6 is 23.7 Å². The first kappa shape index (κ1) is 8.91. The predicted molar refractivity (Wildman–Crippen MR) is 12.8 cm³/mol. The second-order valence-electron chi connectivity index (χ2n) is 0.0583. The summed E-state index contributed by atoms with van der Waals surface area (Å²) in [5.74, 6) is 0. The van der Waals surface area contributed by atoms with Crippen molar-refractivity contribution in [1.29, 1.82) is 0 Å². The average Bonchev–Trinajstić information content (AvgIpc) is 0.918. The van der Waals surface area contributed by atoms with E-state index in [0.717, 1.165) is 0 Å². The number of halogens is 2. The van der Waals surface area contributed by atoms with Crippen LogP contribution in [0.1, 0.15) is 0 Å². The van der Waals surface area contributed by atoms with Crippen LogP contribution < -0.4 is 0 Å². The molecule has 1 radical (unpaired) electrons. The first-order valence-electron chi connectivity index (χ1n) is 0.309. The van der Waals surface area contributed by atoms with Crippen molar-refractivity contribution in [2.75, 3.05) is 0 Å². The molecule has 0 amide bonds. The Morgan fingerprint density at radius 3 is 1.25 bits per heavy atom. The van der Waals surface area contributed by atoms with Crippen LogP contribution in [0.15, 0.2) is 0 Å². The van der Waals surface area contributed by atoms with Gasteiger partial charge in [0.2, 0.25) is 0 Å². The summed E-state index contributed by atoms with van der Waals surface area (Å²) in [6, 6.07) is 0. The fraction of sp³-hybridized carbons (Fsp3) is 0. The fourth-order valence-corrected chi connectivity index (χ4v) is 0. The maximum absolute atomic E-state index is 4.26. The van der Waals surface area contributed by atoms with Crippen molar-refractivity contribution in [3.8, 4) is 0 Å². The Kier molecular flexibility index (Phi) is 19.9. The number of hydrogen-bond acceptors (Lipinski definition) is 1. The monoisotopic (exact) mass is 142 g/mol. The van der Waals surface area contributed by atoms with Crippen LogP contribution in [0.25, 0.3) is 0 Å². The average molecular weight is 143 g/mol. The van der Waals surface area contributed by atoms with E-state index in [-0.39, 0.29) is 17.1 Å². The molecule has 0 bridgehead atoms. The first-order chi connectivity index (χ1) is 1.41. The summed E-state index contributed by atoms with van der Waals surface area (Å²) < 4.78 is 3.19. The van der Waals surface area contributed by atoms with Crippen LogP contribution in [0.3, 0.4) is 0 Å². The fourth-order valence-electron chi connectivity index (χ4n) is 0. The van der Waals surface area contributed by atoms with E-state index in [1.165, 1.54) is 0 Å². The van der Waals surface area contributed by atoms with E-state index in [1.54, 1.807) is 0 Å². The zero-order valence-electron chi connectivity index (χ0n) is 1.52. The molecule has 4 heteroatoms. The molecule has 0 saturated carbocycles. The van der Waals surface area contributed by atoms with E-state index in [2.05, 4.69) is 27.6 Å². The molecule has 0 fully saturated rings. The summed E-state index contributed by atoms with van der Waals surface area (Å²) in [6.07, 6.45) is 0. The normalized spacial score (nSPS) is 4.50. The van der Waals surface area contributed by atoms with Gasteiger partial charge in [0.25, 0.3) is 0 Å². The maximum Gasteiger partial charge on any atom is 3.00 e. The topological polar surface area (TPSA) is 9.23 Å². The van der Waals surface area contributed by atoms with Gasteiger partial charge < -0.3 is 0 Å². The van der Waals surface area contributed by atoms with Crippen LogP contribution in [0.2, 0.25) is 0 Å². The Labute approximate surface area is 45.0 Å². The Balaban J connectivity index is 0. The van der Waals surface area contributed by atoms with Gasteiger partial charge in [-0.05, 0) is 0 Å². The van der Waals surface area contributed by atoms with Crippen molar-refractivity contribution in [2.24, 2.45) is 0 Å². The SMILES string of the molecule is ClOCl.[Fe+3]. The van der Waals surface area contributed by atoms with E-state index < -0.39 is 0 Å². The molecule has 0 aliphatic rings. The van der Waals surface area contributed by atoms with Gasteiger partial charge in [-0.2, -0.15) is 3.84 Å². The molecule has 0 heterocycles. The van der Waals surface area contributed by atoms with Crippen molar-refractivity contribution >= 4 is 23.7 Å². The van der Waals surface area contributed by atoms with Crippen LogP contribution in [0.4, 0.5) is 0 Å². The molecule has 0 aromatic heterocycles. The standard InChI is InChI=1S/Cl2O.Fe/c1-3-2;/q;+3. The van der Waals surface area contributed by atoms with Gasteiger partial charge >= 0.3 is 17.1 Å². The smallest absolute Gasteiger partial charge is 0.166 e. The van der Waals surface area contributed by atoms with Crippen molar-refractivity contribution in [3.63, 3.8) is 0 Å². The molecule has 0 aromatic carbocycles. The largest absolute Gasteiger partial charge is 3.00 e. The molecular weight excluding hydrogens is 143 g/mol. The van der Waals surface area contributed by atoms with Gasteiger partial charge in [-0.3, -0.25) is 0 Å². The van der Waals surface area contributed by atoms with Gasteiger partial charge in [0.05, 0.1) is 23.7 Å². The molecule has 0 aliphatic carbocycles. The van der Waals surface area contributed by atoms with E-state index in [0.29, 0.717) is 0 Å². The van der Waals surface area contributed by atoms with Gasteiger partial charge in [-0.1, -0.05) is 0 Å². The van der Waals surface area contributed by atoms with Gasteiger partial charge in [-0.15, -0.1) is 0 Å². The van der Waals surface area contributed by atoms with Crippen molar-refractivity contribution in [3.05, 3.63) is 0 Å². The minimum Gasteiger partial charge on any atom is -0.166 e. The van der Waals surface area contributed by atoms with Gasteiger partial charge in [-0.25, -0.2) is 0 Å². The van der Waals surface area contributed by atoms with Crippen molar-refractivity contribution in [2.45, 2.75) is 0 Å². The molecule has 25 valence electrons. The Morgan fingerprint density at radius 2 is 1.25 bits per heavy atom. The predicted octanol–water partition coefficient (Wildman–Crippen LogP) is 1.31.